The number of aryl methyl sites for hydroxylation is 4. The third kappa shape index (κ3) is 5.26. The number of hydrogen-bond acceptors (Lipinski definition) is 0. The van der Waals surface area contributed by atoms with Gasteiger partial charge in [-0.15, -0.1) is 0 Å². The average Bonchev–Trinajstić information content (AvgIpc) is 3.76. The summed E-state index contributed by atoms with van der Waals surface area (Å²) in [6, 6.07) is 51.2. The summed E-state index contributed by atoms with van der Waals surface area (Å²) in [5.74, 6) is 0. The van der Waals surface area contributed by atoms with Crippen molar-refractivity contribution >= 4 is 12.2 Å². The molecule has 2 atom stereocenters. The molecule has 2 unspecified atom stereocenters. The molecule has 0 radical (unpaired) electrons. The Morgan fingerprint density at radius 3 is 1.31 bits per heavy atom. The number of rotatable bonds is 6. The molecule has 0 saturated carbocycles. The van der Waals surface area contributed by atoms with E-state index in [9.17, 15) is 0 Å². The molecular weight excluding hydrogens is 791 g/mol. The van der Waals surface area contributed by atoms with Gasteiger partial charge in [0.1, 0.15) is 0 Å². The van der Waals surface area contributed by atoms with Gasteiger partial charge in [0.25, 0.3) is 0 Å². The zero-order valence-corrected chi connectivity index (χ0v) is 35.0. The molecule has 1 heteroatoms. The second kappa shape index (κ2) is 12.7. The average molecular weight is 839 g/mol. The van der Waals surface area contributed by atoms with Crippen molar-refractivity contribution in [3.05, 3.63) is 200 Å². The van der Waals surface area contributed by atoms with Crippen molar-refractivity contribution in [2.45, 2.75) is 57.2 Å². The summed E-state index contributed by atoms with van der Waals surface area (Å²) in [7, 11) is 0. The van der Waals surface area contributed by atoms with Crippen LogP contribution in [0, 0.1) is 33.1 Å². The monoisotopic (exact) mass is 840 g/mol. The van der Waals surface area contributed by atoms with Gasteiger partial charge in [-0.05, 0) is 0 Å². The normalized spacial score (nSPS) is 18.9. The molecular formula is C51H48Hf. The Hall–Kier alpha value is -4.33. The standard InChI is InChI=1S/C49H42.2CH3.Hf/c1-33-21-23-35(3)45(25-33)43-19-11-17-39-27-41(29-47(39)43)49(31-37-13-7-5-8-14-37,32-38-15-9-6-10-16-38)42-28-40-18-12-20-44(48(40)30-42)46-26-34(2)22-24-36(46)4;;;/h5-30H,31-32H2,1-4H3;2*1H3;. The van der Waals surface area contributed by atoms with E-state index in [0.717, 1.165) is 12.8 Å². The molecule has 1 fully saturated rings. The van der Waals surface area contributed by atoms with Gasteiger partial charge in [0.2, 0.25) is 0 Å². The van der Waals surface area contributed by atoms with Crippen LogP contribution in [0.2, 0.25) is 9.36 Å². The van der Waals surface area contributed by atoms with Gasteiger partial charge in [-0.2, -0.15) is 0 Å². The minimum absolute atomic E-state index is 0.163. The summed E-state index contributed by atoms with van der Waals surface area (Å²) in [4.78, 5) is 0. The van der Waals surface area contributed by atoms with Crippen molar-refractivity contribution in [3.63, 3.8) is 0 Å². The summed E-state index contributed by atoms with van der Waals surface area (Å²) in [6.07, 6.45) is 7.43. The Morgan fingerprint density at radius 1 is 0.462 bits per heavy atom. The maximum absolute atomic E-state index is 3.34. The summed E-state index contributed by atoms with van der Waals surface area (Å²) >= 11 is -3.34. The summed E-state index contributed by atoms with van der Waals surface area (Å²) in [6.45, 7) is 9.02. The van der Waals surface area contributed by atoms with Crippen molar-refractivity contribution in [1.82, 2.24) is 0 Å². The van der Waals surface area contributed by atoms with Gasteiger partial charge >= 0.3 is 317 Å². The Bertz CT molecular complexity index is 2250. The summed E-state index contributed by atoms with van der Waals surface area (Å²) in [5, 5.41) is 0. The van der Waals surface area contributed by atoms with E-state index >= 15 is 0 Å². The second-order valence-corrected chi connectivity index (χ2v) is 33.8. The van der Waals surface area contributed by atoms with Crippen molar-refractivity contribution in [1.29, 1.82) is 0 Å². The third-order valence-corrected chi connectivity index (χ3v) is 27.9. The fourth-order valence-electron chi connectivity index (χ4n) is 10.5. The first kappa shape index (κ1) is 33.5. The molecule has 0 bridgehead atoms. The minimum atomic E-state index is -3.34. The van der Waals surface area contributed by atoms with Crippen molar-refractivity contribution in [2.24, 2.45) is 5.41 Å². The van der Waals surface area contributed by atoms with Crippen LogP contribution in [0.5, 0.6) is 0 Å². The van der Waals surface area contributed by atoms with Crippen LogP contribution in [0.1, 0.15) is 63.0 Å². The topological polar surface area (TPSA) is 0 Å². The van der Waals surface area contributed by atoms with Gasteiger partial charge in [0.05, 0.1) is 0 Å². The van der Waals surface area contributed by atoms with Crippen LogP contribution in [0.3, 0.4) is 0 Å². The van der Waals surface area contributed by atoms with Crippen LogP contribution < -0.4 is 0 Å². The molecule has 0 nitrogen and oxygen atoms in total. The van der Waals surface area contributed by atoms with Gasteiger partial charge in [0, 0.05) is 0 Å². The molecule has 0 spiro atoms. The molecule has 6 aromatic carbocycles. The summed E-state index contributed by atoms with van der Waals surface area (Å²) < 4.78 is 6.58. The molecule has 3 aliphatic rings. The zero-order chi connectivity index (χ0) is 35.8. The van der Waals surface area contributed by atoms with E-state index in [2.05, 4.69) is 183 Å². The maximum atomic E-state index is 2.79. The molecule has 0 N–H and O–H groups in total. The first-order chi connectivity index (χ1) is 25.2. The fraction of sp³-hybridized carbons (Fsp3) is 0.216. The van der Waals surface area contributed by atoms with E-state index in [1.54, 1.807) is 22.3 Å². The summed E-state index contributed by atoms with van der Waals surface area (Å²) in [5.41, 5.74) is 23.1. The van der Waals surface area contributed by atoms with Crippen LogP contribution in [0.25, 0.3) is 34.4 Å². The quantitative estimate of drug-likeness (QED) is 0.147. The number of fused-ring (bicyclic) bond motifs is 6. The molecule has 0 aromatic heterocycles. The van der Waals surface area contributed by atoms with Gasteiger partial charge in [-0.1, -0.05) is 0 Å². The van der Waals surface area contributed by atoms with Crippen LogP contribution in [0.4, 0.5) is 0 Å². The number of hydrogen-bond donors (Lipinski definition) is 0. The van der Waals surface area contributed by atoms with Gasteiger partial charge in [0.15, 0.2) is 0 Å². The Balaban J connectivity index is 1.36. The molecule has 256 valence electrons. The SMILES string of the molecule is Cc1ccc(C)c(-c2cccc3c2C=C2[CH]3[Hf]([CH3])([CH3])[CH]3C(=Cc4c(-c5cc(C)ccc5C)cccc43)C2(Cc2ccccc2)Cc2ccccc2)c1. The van der Waals surface area contributed by atoms with Crippen molar-refractivity contribution in [2.75, 3.05) is 0 Å². The van der Waals surface area contributed by atoms with Crippen molar-refractivity contribution < 1.29 is 20.0 Å². The van der Waals surface area contributed by atoms with E-state index in [1.807, 2.05) is 0 Å². The van der Waals surface area contributed by atoms with E-state index < -0.39 is 20.0 Å². The van der Waals surface area contributed by atoms with E-state index in [-0.39, 0.29) is 5.41 Å². The molecule has 52 heavy (non-hydrogen) atoms. The Labute approximate surface area is 315 Å². The van der Waals surface area contributed by atoms with Crippen LogP contribution >= 0.6 is 0 Å². The van der Waals surface area contributed by atoms with E-state index in [4.69, 9.17) is 0 Å². The van der Waals surface area contributed by atoms with Gasteiger partial charge in [-0.25, -0.2) is 0 Å². The first-order valence-corrected chi connectivity index (χ1v) is 30.4. The van der Waals surface area contributed by atoms with Gasteiger partial charge in [-0.3, -0.25) is 0 Å². The predicted molar refractivity (Wildman–Crippen MR) is 219 cm³/mol. The molecule has 0 amide bonds. The molecule has 1 aliphatic heterocycles. The second-order valence-electron chi connectivity index (χ2n) is 16.5. The molecule has 6 aromatic rings. The molecule has 2 aliphatic carbocycles. The fourth-order valence-corrected chi connectivity index (χ4v) is 27.6. The van der Waals surface area contributed by atoms with Crippen molar-refractivity contribution in [3.8, 4) is 22.3 Å². The molecule has 1 saturated heterocycles. The first-order valence-electron chi connectivity index (χ1n) is 19.1. The van der Waals surface area contributed by atoms with E-state index in [0.29, 0.717) is 7.35 Å². The van der Waals surface area contributed by atoms with Crippen LogP contribution in [-0.4, -0.2) is 0 Å². The zero-order valence-electron chi connectivity index (χ0n) is 31.4. The Morgan fingerprint density at radius 2 is 0.885 bits per heavy atom. The Kier molecular flexibility index (Phi) is 8.16. The number of benzene rings is 6. The predicted octanol–water partition coefficient (Wildman–Crippen LogP) is 13.6. The number of allylic oxidation sites excluding steroid dienone is 2. The van der Waals surface area contributed by atoms with Crippen LogP contribution in [0.15, 0.2) is 145 Å². The third-order valence-electron chi connectivity index (χ3n) is 12.8. The van der Waals surface area contributed by atoms with E-state index in [1.165, 1.54) is 66.8 Å². The molecule has 9 rings (SSSR count). The van der Waals surface area contributed by atoms with Gasteiger partial charge < -0.3 is 0 Å². The van der Waals surface area contributed by atoms with Crippen LogP contribution in [-0.2, 0) is 32.8 Å². The molecule has 1 heterocycles.